The van der Waals surface area contributed by atoms with E-state index in [9.17, 15) is 13.2 Å². The number of hydrogen-bond donors (Lipinski definition) is 1. The molecule has 1 aliphatic rings. The second-order valence-electron chi connectivity index (χ2n) is 4.33. The molecule has 1 aromatic rings. The molecule has 0 spiro atoms. The van der Waals surface area contributed by atoms with Gasteiger partial charge in [0.1, 0.15) is 11.0 Å². The van der Waals surface area contributed by atoms with Gasteiger partial charge in [-0.1, -0.05) is 11.6 Å². The van der Waals surface area contributed by atoms with Crippen LogP contribution in [0.2, 0.25) is 5.15 Å². The van der Waals surface area contributed by atoms with Crippen molar-refractivity contribution in [3.05, 3.63) is 22.8 Å². The summed E-state index contributed by atoms with van der Waals surface area (Å²) in [5, 5.41) is 9.06. The van der Waals surface area contributed by atoms with Gasteiger partial charge in [0, 0.05) is 13.1 Å². The first kappa shape index (κ1) is 14.1. The second-order valence-corrected chi connectivity index (χ2v) is 7.03. The van der Waals surface area contributed by atoms with Crippen molar-refractivity contribution >= 4 is 33.2 Å². The molecule has 104 valence electrons. The molecule has 0 bridgehead atoms. The van der Waals surface area contributed by atoms with Crippen LogP contribution in [0.3, 0.4) is 0 Å². The lowest BCUT2D eigenvalue weighted by Crippen LogP contribution is -2.27. The van der Waals surface area contributed by atoms with E-state index < -0.39 is 15.8 Å². The van der Waals surface area contributed by atoms with E-state index in [1.165, 1.54) is 12.1 Å². The van der Waals surface area contributed by atoms with Crippen LogP contribution in [0.25, 0.3) is 0 Å². The number of aromatic nitrogens is 1. The van der Waals surface area contributed by atoms with Crippen LogP contribution < -0.4 is 4.90 Å². The minimum atomic E-state index is -3.02. The summed E-state index contributed by atoms with van der Waals surface area (Å²) in [7, 11) is -3.02. The molecule has 0 aliphatic carbocycles. The Hall–Kier alpha value is -1.34. The number of rotatable bonds is 2. The minimum absolute atomic E-state index is 0.0436. The summed E-state index contributed by atoms with van der Waals surface area (Å²) in [5.74, 6) is -0.491. The zero-order valence-corrected chi connectivity index (χ0v) is 11.6. The fraction of sp³-hybridized carbons (Fsp3) is 0.455. The average Bonchev–Trinajstić information content (AvgIpc) is 2.49. The predicted molar refractivity (Wildman–Crippen MR) is 71.7 cm³/mol. The molecule has 2 rings (SSSR count). The van der Waals surface area contributed by atoms with Crippen molar-refractivity contribution in [3.8, 4) is 0 Å². The summed E-state index contributed by atoms with van der Waals surface area (Å²) in [6.45, 7) is 0.820. The summed E-state index contributed by atoms with van der Waals surface area (Å²) in [6, 6.07) is 2.67. The summed E-state index contributed by atoms with van der Waals surface area (Å²) in [4.78, 5) is 16.8. The zero-order valence-electron chi connectivity index (χ0n) is 10.0. The number of aromatic carboxylic acids is 1. The van der Waals surface area contributed by atoms with Gasteiger partial charge < -0.3 is 10.0 Å². The van der Waals surface area contributed by atoms with Gasteiger partial charge in [0.2, 0.25) is 0 Å². The van der Waals surface area contributed by atoms with Crippen LogP contribution in [0.5, 0.6) is 0 Å². The van der Waals surface area contributed by atoms with Crippen molar-refractivity contribution in [2.75, 3.05) is 29.5 Å². The zero-order chi connectivity index (χ0) is 14.0. The highest BCUT2D eigenvalue weighted by Crippen LogP contribution is 2.20. The van der Waals surface area contributed by atoms with E-state index in [2.05, 4.69) is 4.98 Å². The highest BCUT2D eigenvalue weighted by molar-refractivity contribution is 7.91. The molecule has 1 N–H and O–H groups in total. The largest absolute Gasteiger partial charge is 0.478 e. The number of carboxylic acid groups (broad SMARTS) is 1. The van der Waals surface area contributed by atoms with E-state index in [-0.39, 0.29) is 22.2 Å². The lowest BCUT2D eigenvalue weighted by Gasteiger charge is -2.21. The number of hydrogen-bond acceptors (Lipinski definition) is 5. The predicted octanol–water partition coefficient (Wildman–Crippen LogP) is 1.06. The first-order valence-electron chi connectivity index (χ1n) is 5.74. The van der Waals surface area contributed by atoms with Gasteiger partial charge in [-0.25, -0.2) is 18.2 Å². The van der Waals surface area contributed by atoms with Gasteiger partial charge >= 0.3 is 5.97 Å². The minimum Gasteiger partial charge on any atom is -0.478 e. The standard InChI is InChI=1S/C11H13ClN2O4S/c12-9-6-8(11(15)16)7-10(13-9)14-2-1-4-19(17,18)5-3-14/h6-7H,1-5H2,(H,15,16). The van der Waals surface area contributed by atoms with E-state index in [0.29, 0.717) is 25.3 Å². The Balaban J connectivity index is 2.29. The monoisotopic (exact) mass is 304 g/mol. The molecule has 0 aromatic carbocycles. The Kier molecular flexibility index (Phi) is 3.96. The maximum atomic E-state index is 11.5. The number of sulfone groups is 1. The highest BCUT2D eigenvalue weighted by Gasteiger charge is 2.21. The van der Waals surface area contributed by atoms with Gasteiger partial charge in [0.25, 0.3) is 0 Å². The Morgan fingerprint density at radius 3 is 2.74 bits per heavy atom. The first-order chi connectivity index (χ1) is 8.87. The van der Waals surface area contributed by atoms with Crippen molar-refractivity contribution in [2.45, 2.75) is 6.42 Å². The molecular weight excluding hydrogens is 292 g/mol. The van der Waals surface area contributed by atoms with Crippen molar-refractivity contribution in [2.24, 2.45) is 0 Å². The Morgan fingerprint density at radius 2 is 2.05 bits per heavy atom. The Labute approximate surface area is 115 Å². The van der Waals surface area contributed by atoms with Gasteiger partial charge in [-0.2, -0.15) is 0 Å². The number of carbonyl (C=O) groups is 1. The molecule has 8 heteroatoms. The molecule has 6 nitrogen and oxygen atoms in total. The van der Waals surface area contributed by atoms with Crippen LogP contribution in [0.1, 0.15) is 16.8 Å². The summed E-state index contributed by atoms with van der Waals surface area (Å²) in [5.41, 5.74) is 0.0436. The second kappa shape index (κ2) is 5.34. The van der Waals surface area contributed by atoms with Crippen LogP contribution in [0.4, 0.5) is 5.82 Å². The number of halogens is 1. The first-order valence-corrected chi connectivity index (χ1v) is 7.93. The number of carboxylic acids is 1. The van der Waals surface area contributed by atoms with E-state index in [1.807, 2.05) is 0 Å². The van der Waals surface area contributed by atoms with Gasteiger partial charge in [-0.15, -0.1) is 0 Å². The van der Waals surface area contributed by atoms with Crippen LogP contribution in [-0.4, -0.2) is 49.1 Å². The SMILES string of the molecule is O=C(O)c1cc(Cl)nc(N2CCCS(=O)(=O)CC2)c1. The Bertz CT molecular complexity index is 603. The molecule has 1 fully saturated rings. The summed E-state index contributed by atoms with van der Waals surface area (Å²) >= 11 is 5.79. The molecule has 1 saturated heterocycles. The van der Waals surface area contributed by atoms with Gasteiger partial charge in [-0.05, 0) is 18.6 Å². The molecule has 0 saturated carbocycles. The lowest BCUT2D eigenvalue weighted by atomic mass is 10.2. The van der Waals surface area contributed by atoms with Crippen LogP contribution in [0.15, 0.2) is 12.1 Å². The van der Waals surface area contributed by atoms with Crippen LogP contribution >= 0.6 is 11.6 Å². The highest BCUT2D eigenvalue weighted by atomic mass is 35.5. The van der Waals surface area contributed by atoms with Crippen molar-refractivity contribution in [1.82, 2.24) is 4.98 Å². The lowest BCUT2D eigenvalue weighted by molar-refractivity contribution is 0.0696. The average molecular weight is 305 g/mol. The molecule has 0 unspecified atom stereocenters. The third-order valence-corrected chi connectivity index (χ3v) is 4.82. The van der Waals surface area contributed by atoms with Crippen molar-refractivity contribution in [1.29, 1.82) is 0 Å². The van der Waals surface area contributed by atoms with Crippen molar-refractivity contribution < 1.29 is 18.3 Å². The molecule has 1 aliphatic heterocycles. The maximum Gasteiger partial charge on any atom is 0.335 e. The normalized spacial score (nSPS) is 18.9. The van der Waals surface area contributed by atoms with Gasteiger partial charge in [-0.3, -0.25) is 0 Å². The molecule has 0 amide bonds. The summed E-state index contributed by atoms with van der Waals surface area (Å²) < 4.78 is 23.0. The maximum absolute atomic E-state index is 11.5. The van der Waals surface area contributed by atoms with Gasteiger partial charge in [0.15, 0.2) is 9.84 Å². The molecule has 0 radical (unpaired) electrons. The van der Waals surface area contributed by atoms with Crippen LogP contribution in [0, 0.1) is 0 Å². The quantitative estimate of drug-likeness (QED) is 0.822. The third kappa shape index (κ3) is 3.57. The van der Waals surface area contributed by atoms with Crippen LogP contribution in [-0.2, 0) is 9.84 Å². The molecular formula is C11H13ClN2O4S. The third-order valence-electron chi connectivity index (χ3n) is 2.91. The topological polar surface area (TPSA) is 87.6 Å². The molecule has 1 aromatic heterocycles. The number of anilines is 1. The van der Waals surface area contributed by atoms with Gasteiger partial charge in [0.05, 0.1) is 17.1 Å². The van der Waals surface area contributed by atoms with E-state index >= 15 is 0 Å². The fourth-order valence-electron chi connectivity index (χ4n) is 1.94. The Morgan fingerprint density at radius 1 is 1.32 bits per heavy atom. The molecule has 0 atom stereocenters. The number of pyridine rings is 1. The smallest absolute Gasteiger partial charge is 0.335 e. The summed E-state index contributed by atoms with van der Waals surface area (Å²) in [6.07, 6.45) is 0.499. The number of nitrogens with zero attached hydrogens (tertiary/aromatic N) is 2. The van der Waals surface area contributed by atoms with E-state index in [1.54, 1.807) is 4.90 Å². The van der Waals surface area contributed by atoms with E-state index in [4.69, 9.17) is 16.7 Å². The van der Waals surface area contributed by atoms with E-state index in [0.717, 1.165) is 0 Å². The molecule has 2 heterocycles. The van der Waals surface area contributed by atoms with Crippen molar-refractivity contribution in [3.63, 3.8) is 0 Å². The molecule has 19 heavy (non-hydrogen) atoms. The fourth-order valence-corrected chi connectivity index (χ4v) is 3.41.